The molecule has 0 radical (unpaired) electrons. The molecule has 82 valence electrons. The van der Waals surface area contributed by atoms with Crippen LogP contribution in [0.15, 0.2) is 6.07 Å². The average molecular weight is 210 g/mol. The number of ether oxygens (including phenoxy) is 1. The van der Waals surface area contributed by atoms with Gasteiger partial charge < -0.3 is 4.74 Å². The van der Waals surface area contributed by atoms with Gasteiger partial charge in [0.05, 0.1) is 6.61 Å². The van der Waals surface area contributed by atoms with E-state index in [9.17, 15) is 9.59 Å². The number of hydrogen-bond donors (Lipinski definition) is 1. The number of aromatic amines is 1. The maximum absolute atomic E-state index is 11.4. The number of rotatable bonds is 5. The van der Waals surface area contributed by atoms with Gasteiger partial charge in [0, 0.05) is 12.5 Å². The highest BCUT2D eigenvalue weighted by molar-refractivity contribution is 5.97. The Hall–Kier alpha value is -1.65. The Morgan fingerprint density at radius 2 is 2.20 bits per heavy atom. The summed E-state index contributed by atoms with van der Waals surface area (Å²) in [6.07, 6.45) is 1.20. The SMILES string of the molecule is CCCC(=O)c1cc(C(=O)OCC)[nH]n1. The molecule has 0 spiro atoms. The summed E-state index contributed by atoms with van der Waals surface area (Å²) >= 11 is 0. The van der Waals surface area contributed by atoms with Crippen molar-refractivity contribution in [1.82, 2.24) is 10.2 Å². The van der Waals surface area contributed by atoms with E-state index in [1.54, 1.807) is 6.92 Å². The first-order valence-electron chi connectivity index (χ1n) is 4.94. The van der Waals surface area contributed by atoms with E-state index in [2.05, 4.69) is 10.2 Å². The quantitative estimate of drug-likeness (QED) is 0.591. The van der Waals surface area contributed by atoms with E-state index >= 15 is 0 Å². The van der Waals surface area contributed by atoms with E-state index in [1.807, 2.05) is 6.92 Å². The second-order valence-corrected chi connectivity index (χ2v) is 3.06. The molecule has 0 saturated heterocycles. The van der Waals surface area contributed by atoms with Crippen LogP contribution < -0.4 is 0 Å². The van der Waals surface area contributed by atoms with Gasteiger partial charge in [-0.15, -0.1) is 0 Å². The van der Waals surface area contributed by atoms with Gasteiger partial charge in [-0.05, 0) is 13.3 Å². The Bertz CT molecular complexity index is 325. The summed E-state index contributed by atoms with van der Waals surface area (Å²) in [6, 6.07) is 1.43. The van der Waals surface area contributed by atoms with E-state index < -0.39 is 5.97 Å². The Morgan fingerprint density at radius 1 is 1.47 bits per heavy atom. The third kappa shape index (κ3) is 2.90. The van der Waals surface area contributed by atoms with Crippen LogP contribution in [0, 0.1) is 0 Å². The van der Waals surface area contributed by atoms with Gasteiger partial charge in [-0.25, -0.2) is 4.79 Å². The van der Waals surface area contributed by atoms with E-state index in [0.717, 1.165) is 6.42 Å². The molecule has 0 amide bonds. The van der Waals surface area contributed by atoms with Crippen LogP contribution in [0.5, 0.6) is 0 Å². The summed E-state index contributed by atoms with van der Waals surface area (Å²) in [6.45, 7) is 3.93. The molecule has 1 rings (SSSR count). The third-order valence-corrected chi connectivity index (χ3v) is 1.84. The van der Waals surface area contributed by atoms with Crippen LogP contribution >= 0.6 is 0 Å². The Labute approximate surface area is 87.8 Å². The Kier molecular flexibility index (Phi) is 4.03. The molecular formula is C10H14N2O3. The Morgan fingerprint density at radius 3 is 2.80 bits per heavy atom. The fraction of sp³-hybridized carbons (Fsp3) is 0.500. The van der Waals surface area contributed by atoms with Crippen molar-refractivity contribution in [1.29, 1.82) is 0 Å². The topological polar surface area (TPSA) is 72.1 Å². The van der Waals surface area contributed by atoms with Gasteiger partial charge in [0.25, 0.3) is 0 Å². The highest BCUT2D eigenvalue weighted by Gasteiger charge is 2.14. The average Bonchev–Trinajstić information content (AvgIpc) is 2.67. The van der Waals surface area contributed by atoms with Crippen LogP contribution in [0.3, 0.4) is 0 Å². The molecule has 0 atom stereocenters. The zero-order valence-electron chi connectivity index (χ0n) is 8.87. The highest BCUT2D eigenvalue weighted by atomic mass is 16.5. The monoisotopic (exact) mass is 210 g/mol. The number of esters is 1. The smallest absolute Gasteiger partial charge is 0.356 e. The largest absolute Gasteiger partial charge is 0.461 e. The molecule has 0 aliphatic carbocycles. The summed E-state index contributed by atoms with van der Waals surface area (Å²) in [4.78, 5) is 22.6. The zero-order chi connectivity index (χ0) is 11.3. The number of aromatic nitrogens is 2. The van der Waals surface area contributed by atoms with Crippen molar-refractivity contribution < 1.29 is 14.3 Å². The van der Waals surface area contributed by atoms with Crippen molar-refractivity contribution in [3.63, 3.8) is 0 Å². The van der Waals surface area contributed by atoms with Crippen LogP contribution in [-0.4, -0.2) is 28.6 Å². The summed E-state index contributed by atoms with van der Waals surface area (Å²) in [5.41, 5.74) is 0.510. The van der Waals surface area contributed by atoms with Crippen LogP contribution in [0.25, 0.3) is 0 Å². The molecule has 0 fully saturated rings. The summed E-state index contributed by atoms with van der Waals surface area (Å²) < 4.78 is 4.76. The standard InChI is InChI=1S/C10H14N2O3/c1-3-5-9(13)7-6-8(12-11-7)10(14)15-4-2/h6H,3-5H2,1-2H3,(H,11,12). The summed E-state index contributed by atoms with van der Waals surface area (Å²) in [7, 11) is 0. The number of Topliss-reactive ketones (excluding diaryl/α,β-unsaturated/α-hetero) is 1. The first-order valence-corrected chi connectivity index (χ1v) is 4.94. The second-order valence-electron chi connectivity index (χ2n) is 3.06. The number of nitrogens with one attached hydrogen (secondary N) is 1. The van der Waals surface area contributed by atoms with E-state index in [4.69, 9.17) is 4.74 Å². The molecule has 0 saturated carbocycles. The van der Waals surface area contributed by atoms with Crippen molar-refractivity contribution >= 4 is 11.8 Å². The van der Waals surface area contributed by atoms with Gasteiger partial charge in [-0.2, -0.15) is 5.10 Å². The second kappa shape index (κ2) is 5.29. The summed E-state index contributed by atoms with van der Waals surface area (Å²) in [5, 5.41) is 6.25. The molecule has 1 heterocycles. The predicted molar refractivity (Wildman–Crippen MR) is 53.8 cm³/mol. The first kappa shape index (κ1) is 11.4. The molecule has 0 bridgehead atoms. The van der Waals surface area contributed by atoms with Crippen LogP contribution in [-0.2, 0) is 4.74 Å². The van der Waals surface area contributed by atoms with E-state index in [0.29, 0.717) is 18.7 Å². The van der Waals surface area contributed by atoms with Crippen molar-refractivity contribution in [2.24, 2.45) is 0 Å². The number of carbonyl (C=O) groups excluding carboxylic acids is 2. The molecule has 5 heteroatoms. The Balaban J connectivity index is 2.71. The normalized spacial score (nSPS) is 10.0. The van der Waals surface area contributed by atoms with Gasteiger partial charge in [-0.3, -0.25) is 9.89 Å². The minimum atomic E-state index is -0.486. The molecule has 15 heavy (non-hydrogen) atoms. The molecule has 0 aromatic carbocycles. The van der Waals surface area contributed by atoms with Crippen LogP contribution in [0.2, 0.25) is 0 Å². The third-order valence-electron chi connectivity index (χ3n) is 1.84. The van der Waals surface area contributed by atoms with Gasteiger partial charge in [-0.1, -0.05) is 6.92 Å². The minimum absolute atomic E-state index is 0.0655. The van der Waals surface area contributed by atoms with Crippen molar-refractivity contribution in [3.8, 4) is 0 Å². The lowest BCUT2D eigenvalue weighted by molar-refractivity contribution is 0.0519. The number of hydrogen-bond acceptors (Lipinski definition) is 4. The lowest BCUT2D eigenvalue weighted by atomic mass is 10.2. The minimum Gasteiger partial charge on any atom is -0.461 e. The molecule has 0 aliphatic heterocycles. The maximum Gasteiger partial charge on any atom is 0.356 e. The molecule has 1 aromatic heterocycles. The van der Waals surface area contributed by atoms with Crippen molar-refractivity contribution in [2.75, 3.05) is 6.61 Å². The molecule has 0 unspecified atom stereocenters. The molecule has 1 aromatic rings. The fourth-order valence-electron chi connectivity index (χ4n) is 1.13. The molecule has 5 nitrogen and oxygen atoms in total. The van der Waals surface area contributed by atoms with E-state index in [1.165, 1.54) is 6.07 Å². The maximum atomic E-state index is 11.4. The first-order chi connectivity index (χ1) is 7.19. The van der Waals surface area contributed by atoms with Crippen molar-refractivity contribution in [3.05, 3.63) is 17.5 Å². The van der Waals surface area contributed by atoms with E-state index in [-0.39, 0.29) is 11.5 Å². The lowest BCUT2D eigenvalue weighted by Gasteiger charge is -1.95. The number of H-pyrrole nitrogens is 1. The van der Waals surface area contributed by atoms with Crippen LogP contribution in [0.1, 0.15) is 47.7 Å². The number of ketones is 1. The molecule has 0 aliphatic rings. The predicted octanol–water partition coefficient (Wildman–Crippen LogP) is 1.57. The fourth-order valence-corrected chi connectivity index (χ4v) is 1.13. The number of carbonyl (C=O) groups is 2. The van der Waals surface area contributed by atoms with Crippen molar-refractivity contribution in [2.45, 2.75) is 26.7 Å². The van der Waals surface area contributed by atoms with Gasteiger partial charge in [0.15, 0.2) is 5.78 Å². The molecular weight excluding hydrogens is 196 g/mol. The van der Waals surface area contributed by atoms with Crippen LogP contribution in [0.4, 0.5) is 0 Å². The van der Waals surface area contributed by atoms with Gasteiger partial charge >= 0.3 is 5.97 Å². The van der Waals surface area contributed by atoms with Gasteiger partial charge in [0.2, 0.25) is 0 Å². The molecule has 1 N–H and O–H groups in total. The highest BCUT2D eigenvalue weighted by Crippen LogP contribution is 2.05. The lowest BCUT2D eigenvalue weighted by Crippen LogP contribution is -2.04. The summed E-state index contributed by atoms with van der Waals surface area (Å²) in [5.74, 6) is -0.551. The van der Waals surface area contributed by atoms with Gasteiger partial charge in [0.1, 0.15) is 11.4 Å². The number of nitrogens with zero attached hydrogens (tertiary/aromatic N) is 1. The zero-order valence-corrected chi connectivity index (χ0v) is 8.87.